The lowest BCUT2D eigenvalue weighted by molar-refractivity contribution is -0.127. The van der Waals surface area contributed by atoms with Crippen LogP contribution < -0.4 is 0 Å². The van der Waals surface area contributed by atoms with Crippen LogP contribution in [0.3, 0.4) is 0 Å². The van der Waals surface area contributed by atoms with Crippen LogP contribution in [0.5, 0.6) is 0 Å². The molecule has 1 aliphatic rings. The maximum absolute atomic E-state index is 11.6. The molecule has 2 nitrogen and oxygen atoms in total. The van der Waals surface area contributed by atoms with Crippen LogP contribution in [0, 0.1) is 0 Å². The molecule has 0 bridgehead atoms. The largest absolute Gasteiger partial charge is 0.332 e. The molecule has 0 unspecified atom stereocenters. The van der Waals surface area contributed by atoms with Gasteiger partial charge in [0.2, 0.25) is 5.91 Å². The minimum absolute atomic E-state index is 0.0429. The molecule has 0 saturated heterocycles. The van der Waals surface area contributed by atoms with E-state index in [2.05, 4.69) is 6.58 Å². The van der Waals surface area contributed by atoms with E-state index in [0.717, 1.165) is 12.8 Å². The molecule has 0 N–H and O–H groups in total. The van der Waals surface area contributed by atoms with E-state index >= 15 is 0 Å². The van der Waals surface area contributed by atoms with Crippen molar-refractivity contribution in [3.8, 4) is 0 Å². The van der Waals surface area contributed by atoms with Crippen molar-refractivity contribution in [2.45, 2.75) is 25.4 Å². The Hall–Kier alpha value is -1.57. The Morgan fingerprint density at radius 3 is 2.60 bits per heavy atom. The molecule has 78 valence electrons. The summed E-state index contributed by atoms with van der Waals surface area (Å²) >= 11 is 0. The van der Waals surface area contributed by atoms with Gasteiger partial charge in [-0.05, 0) is 24.5 Å². The SMILES string of the molecule is C=CC(=O)N(Cc1ccccc1)C1CC1. The van der Waals surface area contributed by atoms with Crippen LogP contribution in [0.1, 0.15) is 18.4 Å². The molecule has 1 aliphatic carbocycles. The van der Waals surface area contributed by atoms with Crippen LogP contribution >= 0.6 is 0 Å². The molecule has 15 heavy (non-hydrogen) atoms. The number of hydrogen-bond acceptors (Lipinski definition) is 1. The average Bonchev–Trinajstić information content (AvgIpc) is 3.10. The van der Waals surface area contributed by atoms with Crippen LogP contribution in [-0.2, 0) is 11.3 Å². The van der Waals surface area contributed by atoms with E-state index in [1.807, 2.05) is 35.2 Å². The van der Waals surface area contributed by atoms with Crippen LogP contribution in [0.2, 0.25) is 0 Å². The van der Waals surface area contributed by atoms with E-state index in [-0.39, 0.29) is 5.91 Å². The zero-order chi connectivity index (χ0) is 10.7. The number of carbonyl (C=O) groups is 1. The summed E-state index contributed by atoms with van der Waals surface area (Å²) in [5.74, 6) is 0.0429. The van der Waals surface area contributed by atoms with E-state index in [9.17, 15) is 4.79 Å². The monoisotopic (exact) mass is 201 g/mol. The summed E-state index contributed by atoms with van der Waals surface area (Å²) in [5.41, 5.74) is 1.18. The van der Waals surface area contributed by atoms with Gasteiger partial charge < -0.3 is 4.90 Å². The first-order valence-corrected chi connectivity index (χ1v) is 5.28. The van der Waals surface area contributed by atoms with Gasteiger partial charge in [0.25, 0.3) is 0 Å². The molecular weight excluding hydrogens is 186 g/mol. The van der Waals surface area contributed by atoms with Crippen molar-refractivity contribution in [1.82, 2.24) is 4.90 Å². The van der Waals surface area contributed by atoms with Gasteiger partial charge in [0.15, 0.2) is 0 Å². The van der Waals surface area contributed by atoms with Gasteiger partial charge in [-0.15, -0.1) is 0 Å². The Balaban J connectivity index is 2.07. The number of nitrogens with zero attached hydrogens (tertiary/aromatic N) is 1. The molecule has 1 fully saturated rings. The summed E-state index contributed by atoms with van der Waals surface area (Å²) in [6.45, 7) is 4.25. The average molecular weight is 201 g/mol. The van der Waals surface area contributed by atoms with Crippen molar-refractivity contribution in [3.05, 3.63) is 48.6 Å². The number of amides is 1. The van der Waals surface area contributed by atoms with E-state index in [4.69, 9.17) is 0 Å². The second-order valence-electron chi connectivity index (χ2n) is 3.89. The highest BCUT2D eigenvalue weighted by molar-refractivity contribution is 5.87. The standard InChI is InChI=1S/C13H15NO/c1-2-13(15)14(12-8-9-12)10-11-6-4-3-5-7-11/h2-7,12H,1,8-10H2. The number of rotatable bonds is 4. The second kappa shape index (κ2) is 4.30. The summed E-state index contributed by atoms with van der Waals surface area (Å²) in [7, 11) is 0. The van der Waals surface area contributed by atoms with Gasteiger partial charge >= 0.3 is 0 Å². The minimum atomic E-state index is 0.0429. The molecule has 0 atom stereocenters. The summed E-state index contributed by atoms with van der Waals surface area (Å²) in [5, 5.41) is 0. The van der Waals surface area contributed by atoms with E-state index in [0.29, 0.717) is 12.6 Å². The number of hydrogen-bond donors (Lipinski definition) is 0. The fourth-order valence-electron chi connectivity index (χ4n) is 1.67. The van der Waals surface area contributed by atoms with Crippen molar-refractivity contribution in [3.63, 3.8) is 0 Å². The first-order chi connectivity index (χ1) is 7.31. The van der Waals surface area contributed by atoms with Crippen molar-refractivity contribution < 1.29 is 4.79 Å². The molecule has 2 rings (SSSR count). The third-order valence-corrected chi connectivity index (χ3v) is 2.64. The van der Waals surface area contributed by atoms with Crippen molar-refractivity contribution >= 4 is 5.91 Å². The van der Waals surface area contributed by atoms with Gasteiger partial charge in [0.1, 0.15) is 0 Å². The number of carbonyl (C=O) groups excluding carboxylic acids is 1. The second-order valence-corrected chi connectivity index (χ2v) is 3.89. The molecular formula is C13H15NO. The van der Waals surface area contributed by atoms with Gasteiger partial charge in [0.05, 0.1) is 0 Å². The minimum Gasteiger partial charge on any atom is -0.332 e. The van der Waals surface area contributed by atoms with Crippen molar-refractivity contribution in [1.29, 1.82) is 0 Å². The zero-order valence-electron chi connectivity index (χ0n) is 8.73. The van der Waals surface area contributed by atoms with E-state index < -0.39 is 0 Å². The normalized spacial score (nSPS) is 14.7. The summed E-state index contributed by atoms with van der Waals surface area (Å²) in [4.78, 5) is 13.5. The fourth-order valence-corrected chi connectivity index (χ4v) is 1.67. The summed E-state index contributed by atoms with van der Waals surface area (Å²) < 4.78 is 0. The topological polar surface area (TPSA) is 20.3 Å². The van der Waals surface area contributed by atoms with Gasteiger partial charge in [-0.3, -0.25) is 4.79 Å². The van der Waals surface area contributed by atoms with Crippen LogP contribution in [0.15, 0.2) is 43.0 Å². The molecule has 0 heterocycles. The lowest BCUT2D eigenvalue weighted by Gasteiger charge is -2.20. The molecule has 1 amide bonds. The Bertz CT molecular complexity index is 354. The molecule has 2 heteroatoms. The van der Waals surface area contributed by atoms with Crippen LogP contribution in [-0.4, -0.2) is 16.8 Å². The van der Waals surface area contributed by atoms with Gasteiger partial charge in [-0.25, -0.2) is 0 Å². The molecule has 0 aromatic heterocycles. The highest BCUT2D eigenvalue weighted by atomic mass is 16.2. The lowest BCUT2D eigenvalue weighted by Crippen LogP contribution is -2.30. The highest BCUT2D eigenvalue weighted by Crippen LogP contribution is 2.28. The van der Waals surface area contributed by atoms with E-state index in [1.54, 1.807) is 0 Å². The van der Waals surface area contributed by atoms with Gasteiger partial charge in [-0.1, -0.05) is 36.9 Å². The lowest BCUT2D eigenvalue weighted by atomic mass is 10.2. The Labute approximate surface area is 90.2 Å². The Morgan fingerprint density at radius 1 is 1.40 bits per heavy atom. The first kappa shape index (κ1) is 9.97. The maximum Gasteiger partial charge on any atom is 0.246 e. The quantitative estimate of drug-likeness (QED) is 0.685. The Morgan fingerprint density at radius 2 is 2.07 bits per heavy atom. The predicted molar refractivity (Wildman–Crippen MR) is 60.2 cm³/mol. The Kier molecular flexibility index (Phi) is 2.86. The van der Waals surface area contributed by atoms with Gasteiger partial charge in [0, 0.05) is 12.6 Å². The molecule has 0 radical (unpaired) electrons. The molecule has 1 aromatic rings. The summed E-state index contributed by atoms with van der Waals surface area (Å²) in [6.07, 6.45) is 3.67. The van der Waals surface area contributed by atoms with Crippen LogP contribution in [0.4, 0.5) is 0 Å². The molecule has 0 spiro atoms. The van der Waals surface area contributed by atoms with E-state index in [1.165, 1.54) is 11.6 Å². The molecule has 1 saturated carbocycles. The zero-order valence-corrected chi connectivity index (χ0v) is 8.73. The van der Waals surface area contributed by atoms with Gasteiger partial charge in [-0.2, -0.15) is 0 Å². The maximum atomic E-state index is 11.6. The van der Waals surface area contributed by atoms with Crippen molar-refractivity contribution in [2.24, 2.45) is 0 Å². The fraction of sp³-hybridized carbons (Fsp3) is 0.308. The number of benzene rings is 1. The third-order valence-electron chi connectivity index (χ3n) is 2.64. The highest BCUT2D eigenvalue weighted by Gasteiger charge is 2.31. The summed E-state index contributed by atoms with van der Waals surface area (Å²) in [6, 6.07) is 10.5. The smallest absolute Gasteiger partial charge is 0.246 e. The van der Waals surface area contributed by atoms with Crippen LogP contribution in [0.25, 0.3) is 0 Å². The molecule has 0 aliphatic heterocycles. The molecule has 1 aromatic carbocycles. The first-order valence-electron chi connectivity index (χ1n) is 5.28. The van der Waals surface area contributed by atoms with Crippen molar-refractivity contribution in [2.75, 3.05) is 0 Å². The third kappa shape index (κ3) is 2.46. The predicted octanol–water partition coefficient (Wildman–Crippen LogP) is 2.36.